The lowest BCUT2D eigenvalue weighted by molar-refractivity contribution is -0.140. The number of esters is 1. The van der Waals surface area contributed by atoms with E-state index < -0.39 is 5.97 Å². The number of rotatable bonds is 3. The van der Waals surface area contributed by atoms with Crippen molar-refractivity contribution >= 4 is 28.5 Å². The molecule has 4 rings (SSSR count). The number of urea groups is 1. The topological polar surface area (TPSA) is 74.4 Å². The number of hydrogen-bond donors (Lipinski definition) is 2. The van der Waals surface area contributed by atoms with Gasteiger partial charge in [-0.15, -0.1) is 0 Å². The fourth-order valence-electron chi connectivity index (χ4n) is 4.71. The number of amides is 2. The van der Waals surface area contributed by atoms with Crippen LogP contribution in [-0.2, 0) is 14.9 Å². The SMILES string of the molecule is CC(C)OC(=O)C1=CN(C(=O)NC2CCCC2)CC(C)(C)c2c1[nH]c1ccccc21. The first-order valence-corrected chi connectivity index (χ1v) is 10.9. The van der Waals surface area contributed by atoms with Crippen molar-refractivity contribution in [2.24, 2.45) is 0 Å². The van der Waals surface area contributed by atoms with Gasteiger partial charge in [-0.05, 0) is 38.3 Å². The van der Waals surface area contributed by atoms with Gasteiger partial charge < -0.3 is 15.0 Å². The van der Waals surface area contributed by atoms with Gasteiger partial charge >= 0.3 is 12.0 Å². The zero-order valence-corrected chi connectivity index (χ0v) is 18.2. The van der Waals surface area contributed by atoms with E-state index in [2.05, 4.69) is 30.2 Å². The number of hydrogen-bond acceptors (Lipinski definition) is 3. The van der Waals surface area contributed by atoms with Gasteiger partial charge in [0.2, 0.25) is 0 Å². The van der Waals surface area contributed by atoms with E-state index in [1.165, 1.54) is 0 Å². The van der Waals surface area contributed by atoms with Crippen molar-refractivity contribution < 1.29 is 14.3 Å². The van der Waals surface area contributed by atoms with Gasteiger partial charge in [0.15, 0.2) is 0 Å². The summed E-state index contributed by atoms with van der Waals surface area (Å²) in [5, 5.41) is 4.22. The maximum Gasteiger partial charge on any atom is 0.342 e. The lowest BCUT2D eigenvalue weighted by Gasteiger charge is -2.30. The summed E-state index contributed by atoms with van der Waals surface area (Å²) in [7, 11) is 0. The summed E-state index contributed by atoms with van der Waals surface area (Å²) in [5.41, 5.74) is 2.78. The van der Waals surface area contributed by atoms with Crippen molar-refractivity contribution in [3.63, 3.8) is 0 Å². The van der Waals surface area contributed by atoms with E-state index in [1.807, 2.05) is 32.0 Å². The van der Waals surface area contributed by atoms with Gasteiger partial charge in [-0.1, -0.05) is 44.9 Å². The summed E-state index contributed by atoms with van der Waals surface area (Å²) in [6.07, 6.45) is 5.74. The third-order valence-electron chi connectivity index (χ3n) is 6.01. The molecule has 0 atom stereocenters. The Balaban J connectivity index is 1.79. The number of nitrogens with one attached hydrogen (secondary N) is 2. The zero-order valence-electron chi connectivity index (χ0n) is 18.2. The fourth-order valence-corrected chi connectivity index (χ4v) is 4.71. The Hall–Kier alpha value is -2.76. The van der Waals surface area contributed by atoms with Crippen molar-refractivity contribution in [3.05, 3.63) is 41.7 Å². The second-order valence-electron chi connectivity index (χ2n) is 9.36. The highest BCUT2D eigenvalue weighted by atomic mass is 16.5. The molecule has 0 bridgehead atoms. The number of aromatic amines is 1. The maximum atomic E-state index is 13.1. The molecule has 1 aromatic carbocycles. The minimum Gasteiger partial charge on any atom is -0.459 e. The van der Waals surface area contributed by atoms with Crippen LogP contribution in [0.4, 0.5) is 4.79 Å². The van der Waals surface area contributed by atoms with Crippen LogP contribution in [0.3, 0.4) is 0 Å². The fraction of sp³-hybridized carbons (Fsp3) is 0.500. The first-order valence-electron chi connectivity index (χ1n) is 10.9. The zero-order chi connectivity index (χ0) is 21.5. The van der Waals surface area contributed by atoms with Crippen molar-refractivity contribution in [2.45, 2.75) is 70.9 Å². The molecule has 2 aliphatic rings. The smallest absolute Gasteiger partial charge is 0.342 e. The Kier molecular flexibility index (Phi) is 5.35. The number of carbonyl (C=O) groups is 2. The quantitative estimate of drug-likeness (QED) is 0.721. The van der Waals surface area contributed by atoms with Gasteiger partial charge in [0.05, 0.1) is 17.4 Å². The van der Waals surface area contributed by atoms with Crippen molar-refractivity contribution in [1.29, 1.82) is 0 Å². The monoisotopic (exact) mass is 409 g/mol. The number of benzene rings is 1. The van der Waals surface area contributed by atoms with Crippen LogP contribution >= 0.6 is 0 Å². The van der Waals surface area contributed by atoms with E-state index >= 15 is 0 Å². The van der Waals surface area contributed by atoms with Gasteiger partial charge in [0.1, 0.15) is 0 Å². The average molecular weight is 410 g/mol. The number of ether oxygens (including phenoxy) is 1. The number of nitrogens with zero attached hydrogens (tertiary/aromatic N) is 1. The summed E-state index contributed by atoms with van der Waals surface area (Å²) in [6, 6.07) is 8.10. The molecule has 6 heteroatoms. The van der Waals surface area contributed by atoms with Crippen LogP contribution in [0.1, 0.15) is 64.6 Å². The standard InChI is InChI=1S/C24H31N3O3/c1-15(2)30-22(28)18-13-27(23(29)25-16-9-5-6-10-16)14-24(3,4)20-17-11-7-8-12-19(17)26-21(18)20/h7-8,11-13,15-16,26H,5-6,9-10,14H2,1-4H3,(H,25,29). The summed E-state index contributed by atoms with van der Waals surface area (Å²) in [4.78, 5) is 31.3. The molecule has 1 aliphatic carbocycles. The van der Waals surface area contributed by atoms with E-state index in [-0.39, 0.29) is 23.6 Å². The van der Waals surface area contributed by atoms with Crippen molar-refractivity contribution in [2.75, 3.05) is 6.54 Å². The van der Waals surface area contributed by atoms with E-state index in [4.69, 9.17) is 4.74 Å². The van der Waals surface area contributed by atoms with Crippen LogP contribution in [0.2, 0.25) is 0 Å². The van der Waals surface area contributed by atoms with E-state index in [9.17, 15) is 9.59 Å². The molecule has 0 radical (unpaired) electrons. The number of para-hydroxylation sites is 1. The first kappa shape index (κ1) is 20.5. The Morgan fingerprint density at radius 3 is 2.60 bits per heavy atom. The minimum absolute atomic E-state index is 0.153. The van der Waals surface area contributed by atoms with Gasteiger partial charge in [-0.2, -0.15) is 0 Å². The average Bonchev–Trinajstić information content (AvgIpc) is 3.29. The van der Waals surface area contributed by atoms with Gasteiger partial charge in [0.25, 0.3) is 0 Å². The van der Waals surface area contributed by atoms with Crippen LogP contribution in [0.15, 0.2) is 30.5 Å². The summed E-state index contributed by atoms with van der Waals surface area (Å²) < 4.78 is 5.54. The molecule has 0 spiro atoms. The number of aromatic nitrogens is 1. The van der Waals surface area contributed by atoms with Crippen LogP contribution in [0, 0.1) is 0 Å². The molecule has 2 amide bonds. The molecule has 2 aromatic rings. The Morgan fingerprint density at radius 2 is 1.90 bits per heavy atom. The van der Waals surface area contributed by atoms with E-state index in [0.717, 1.165) is 47.8 Å². The normalized spacial score (nSPS) is 18.8. The van der Waals surface area contributed by atoms with E-state index in [0.29, 0.717) is 12.1 Å². The summed E-state index contributed by atoms with van der Waals surface area (Å²) in [6.45, 7) is 8.36. The lowest BCUT2D eigenvalue weighted by Crippen LogP contribution is -2.45. The highest BCUT2D eigenvalue weighted by Gasteiger charge is 2.37. The van der Waals surface area contributed by atoms with Crippen LogP contribution in [0.5, 0.6) is 0 Å². The number of carbonyl (C=O) groups excluding carboxylic acids is 2. The van der Waals surface area contributed by atoms with Crippen LogP contribution < -0.4 is 5.32 Å². The molecule has 160 valence electrons. The third-order valence-corrected chi connectivity index (χ3v) is 6.01. The van der Waals surface area contributed by atoms with Crippen molar-refractivity contribution in [3.8, 4) is 0 Å². The molecule has 0 saturated heterocycles. The molecule has 2 heterocycles. The molecule has 2 N–H and O–H groups in total. The molecule has 1 fully saturated rings. The predicted molar refractivity (Wildman–Crippen MR) is 118 cm³/mol. The third kappa shape index (κ3) is 3.83. The Labute approximate surface area is 177 Å². The lowest BCUT2D eigenvalue weighted by atomic mass is 9.82. The number of fused-ring (bicyclic) bond motifs is 3. The van der Waals surface area contributed by atoms with Gasteiger partial charge in [-0.3, -0.25) is 4.90 Å². The Morgan fingerprint density at radius 1 is 1.20 bits per heavy atom. The van der Waals surface area contributed by atoms with Crippen molar-refractivity contribution in [1.82, 2.24) is 15.2 Å². The van der Waals surface area contributed by atoms with E-state index in [1.54, 1.807) is 11.1 Å². The predicted octanol–water partition coefficient (Wildman–Crippen LogP) is 4.71. The molecule has 0 unspecified atom stereocenters. The van der Waals surface area contributed by atoms with Gasteiger partial charge in [-0.25, -0.2) is 9.59 Å². The Bertz CT molecular complexity index is 996. The highest BCUT2D eigenvalue weighted by Crippen LogP contribution is 2.40. The first-order chi connectivity index (χ1) is 14.3. The van der Waals surface area contributed by atoms with Crippen LogP contribution in [-0.4, -0.2) is 40.6 Å². The molecule has 1 aromatic heterocycles. The second kappa shape index (κ2) is 7.82. The summed E-state index contributed by atoms with van der Waals surface area (Å²) >= 11 is 0. The van der Waals surface area contributed by atoms with Gasteiger partial charge in [0, 0.05) is 35.1 Å². The molecular formula is C24H31N3O3. The van der Waals surface area contributed by atoms with Crippen LogP contribution in [0.25, 0.3) is 16.5 Å². The molecule has 1 aliphatic heterocycles. The molecule has 30 heavy (non-hydrogen) atoms. The summed E-state index contributed by atoms with van der Waals surface area (Å²) in [5.74, 6) is -0.422. The largest absolute Gasteiger partial charge is 0.459 e. The molecular weight excluding hydrogens is 378 g/mol. The highest BCUT2D eigenvalue weighted by molar-refractivity contribution is 6.18. The minimum atomic E-state index is -0.422. The second-order valence-corrected chi connectivity index (χ2v) is 9.36. The molecule has 6 nitrogen and oxygen atoms in total. The maximum absolute atomic E-state index is 13.1. The number of H-pyrrole nitrogens is 1. The molecule has 1 saturated carbocycles.